The van der Waals surface area contributed by atoms with Crippen molar-refractivity contribution in [1.82, 2.24) is 9.13 Å². The molecule has 9 heteroatoms. The van der Waals surface area contributed by atoms with E-state index in [0.717, 1.165) is 27.6 Å². The fourth-order valence-electron chi connectivity index (χ4n) is 5.41. The predicted octanol–water partition coefficient (Wildman–Crippen LogP) is 5.34. The molecule has 0 unspecified atom stereocenters. The number of esters is 1. The summed E-state index contributed by atoms with van der Waals surface area (Å²) in [6, 6.07) is 21.0. The van der Waals surface area contributed by atoms with Gasteiger partial charge in [0.05, 0.1) is 35.1 Å². The molecule has 0 spiro atoms. The van der Waals surface area contributed by atoms with Crippen LogP contribution in [0.25, 0.3) is 17.0 Å². The third-order valence-electron chi connectivity index (χ3n) is 7.39. The molecular formula is C34H30FN3O4S. The van der Waals surface area contributed by atoms with Crippen LogP contribution in [0.1, 0.15) is 43.5 Å². The van der Waals surface area contributed by atoms with Gasteiger partial charge in [0, 0.05) is 29.2 Å². The Hall–Kier alpha value is -4.76. The molecule has 3 heterocycles. The molecular weight excluding hydrogens is 565 g/mol. The van der Waals surface area contributed by atoms with Crippen LogP contribution in [0.3, 0.4) is 0 Å². The van der Waals surface area contributed by atoms with E-state index in [1.54, 1.807) is 44.6 Å². The SMILES string of the molecule is COc1ccc([C@@H]2C(C(=O)OC(C)C)=C(C)N=c3s/c(=C/c4cn(Cc5ccc(F)cc5)c5ccccc45)c(=O)n32)cc1. The van der Waals surface area contributed by atoms with E-state index in [1.807, 2.05) is 60.8 Å². The Morgan fingerprint density at radius 1 is 1.07 bits per heavy atom. The number of fused-ring (bicyclic) bond motifs is 2. The lowest BCUT2D eigenvalue weighted by atomic mass is 9.96. The van der Waals surface area contributed by atoms with Crippen molar-refractivity contribution in [1.29, 1.82) is 0 Å². The number of carbonyl (C=O) groups is 1. The number of carbonyl (C=O) groups excluding carboxylic acids is 1. The van der Waals surface area contributed by atoms with E-state index in [0.29, 0.717) is 32.9 Å². The third-order valence-corrected chi connectivity index (χ3v) is 8.37. The van der Waals surface area contributed by atoms with E-state index < -0.39 is 12.0 Å². The second kappa shape index (κ2) is 11.5. The number of nitrogens with zero attached hydrogens (tertiary/aromatic N) is 3. The smallest absolute Gasteiger partial charge is 0.338 e. The zero-order valence-corrected chi connectivity index (χ0v) is 25.0. The van der Waals surface area contributed by atoms with E-state index >= 15 is 0 Å². The van der Waals surface area contributed by atoms with E-state index in [1.165, 1.54) is 23.5 Å². The molecule has 0 radical (unpaired) electrons. The highest BCUT2D eigenvalue weighted by Crippen LogP contribution is 2.32. The molecule has 218 valence electrons. The third kappa shape index (κ3) is 5.44. The number of thiazole rings is 1. The van der Waals surface area contributed by atoms with Gasteiger partial charge in [-0.3, -0.25) is 9.36 Å². The predicted molar refractivity (Wildman–Crippen MR) is 165 cm³/mol. The molecule has 7 nitrogen and oxygen atoms in total. The van der Waals surface area contributed by atoms with Gasteiger partial charge in [-0.1, -0.05) is 53.8 Å². The van der Waals surface area contributed by atoms with Crippen LogP contribution in [0.2, 0.25) is 0 Å². The first-order chi connectivity index (χ1) is 20.7. The molecule has 0 amide bonds. The molecule has 43 heavy (non-hydrogen) atoms. The Morgan fingerprint density at radius 2 is 1.79 bits per heavy atom. The first-order valence-corrected chi connectivity index (χ1v) is 14.7. The lowest BCUT2D eigenvalue weighted by Crippen LogP contribution is -2.40. The van der Waals surface area contributed by atoms with Crippen LogP contribution in [-0.4, -0.2) is 28.3 Å². The summed E-state index contributed by atoms with van der Waals surface area (Å²) in [5.41, 5.74) is 4.17. The average Bonchev–Trinajstić information content (AvgIpc) is 3.49. The largest absolute Gasteiger partial charge is 0.497 e. The van der Waals surface area contributed by atoms with Crippen LogP contribution in [0, 0.1) is 5.82 Å². The van der Waals surface area contributed by atoms with Gasteiger partial charge in [0.25, 0.3) is 5.56 Å². The fourth-order valence-corrected chi connectivity index (χ4v) is 6.45. The Morgan fingerprint density at radius 3 is 2.49 bits per heavy atom. The number of hydrogen-bond acceptors (Lipinski definition) is 6. The van der Waals surface area contributed by atoms with Crippen molar-refractivity contribution in [3.05, 3.63) is 132 Å². The lowest BCUT2D eigenvalue weighted by molar-refractivity contribution is -0.143. The van der Waals surface area contributed by atoms with Gasteiger partial charge in [0.1, 0.15) is 11.6 Å². The highest BCUT2D eigenvalue weighted by atomic mass is 32.1. The maximum absolute atomic E-state index is 14.1. The molecule has 2 aromatic heterocycles. The second-order valence-corrected chi connectivity index (χ2v) is 11.7. The summed E-state index contributed by atoms with van der Waals surface area (Å²) in [5.74, 6) is -0.114. The van der Waals surface area contributed by atoms with E-state index in [9.17, 15) is 14.0 Å². The summed E-state index contributed by atoms with van der Waals surface area (Å²) in [4.78, 5) is 32.7. The number of hydrogen-bond donors (Lipinski definition) is 0. The van der Waals surface area contributed by atoms with Crippen LogP contribution >= 0.6 is 11.3 Å². The van der Waals surface area contributed by atoms with Crippen molar-refractivity contribution in [3.8, 4) is 5.75 Å². The number of methoxy groups -OCH3 is 1. The maximum atomic E-state index is 14.1. The normalized spacial score (nSPS) is 15.1. The number of allylic oxidation sites excluding steroid dienone is 1. The molecule has 0 bridgehead atoms. The van der Waals surface area contributed by atoms with Crippen LogP contribution < -0.4 is 19.6 Å². The Bertz CT molecular complexity index is 2050. The van der Waals surface area contributed by atoms with Crippen molar-refractivity contribution in [2.75, 3.05) is 7.11 Å². The standard InChI is InChI=1S/C34H30FN3O4S/c1-20(2)42-33(40)30-21(3)36-34-38(31(30)23-11-15-26(41-4)16-12-23)32(39)29(43-34)17-24-19-37(28-8-6-5-7-27(24)28)18-22-9-13-25(35)14-10-22/h5-17,19-20,31H,18H2,1-4H3/b29-17+/t31-/m1/s1. The molecule has 0 aliphatic carbocycles. The van der Waals surface area contributed by atoms with Crippen molar-refractivity contribution in [2.24, 2.45) is 4.99 Å². The number of ether oxygens (including phenoxy) is 2. The number of halogens is 1. The van der Waals surface area contributed by atoms with Gasteiger partial charge in [-0.15, -0.1) is 0 Å². The molecule has 0 saturated heterocycles. The minimum absolute atomic E-state index is 0.248. The van der Waals surface area contributed by atoms with Crippen LogP contribution in [-0.2, 0) is 16.1 Å². The Labute approximate surface area is 251 Å². The van der Waals surface area contributed by atoms with Gasteiger partial charge in [-0.25, -0.2) is 14.2 Å². The molecule has 1 aliphatic rings. The highest BCUT2D eigenvalue weighted by molar-refractivity contribution is 7.07. The van der Waals surface area contributed by atoms with Crippen LogP contribution in [0.5, 0.6) is 5.75 Å². The van der Waals surface area contributed by atoms with E-state index in [4.69, 9.17) is 14.5 Å². The Balaban J connectivity index is 1.50. The van der Waals surface area contributed by atoms with Gasteiger partial charge in [0.2, 0.25) is 0 Å². The van der Waals surface area contributed by atoms with Gasteiger partial charge in [-0.2, -0.15) is 0 Å². The van der Waals surface area contributed by atoms with E-state index in [2.05, 4.69) is 4.57 Å². The minimum Gasteiger partial charge on any atom is -0.497 e. The van der Waals surface area contributed by atoms with Crippen molar-refractivity contribution < 1.29 is 18.7 Å². The molecule has 3 aromatic carbocycles. The first-order valence-electron chi connectivity index (χ1n) is 13.9. The number of benzene rings is 3. The highest BCUT2D eigenvalue weighted by Gasteiger charge is 2.33. The molecule has 0 saturated carbocycles. The minimum atomic E-state index is -0.713. The van der Waals surface area contributed by atoms with E-state index in [-0.39, 0.29) is 17.5 Å². The molecule has 0 fully saturated rings. The summed E-state index contributed by atoms with van der Waals surface area (Å²) in [6.07, 6.45) is 3.55. The monoisotopic (exact) mass is 595 g/mol. The molecule has 1 aliphatic heterocycles. The molecule has 5 aromatic rings. The molecule has 1 atom stereocenters. The number of para-hydroxylation sites is 1. The molecule has 6 rings (SSSR count). The van der Waals surface area contributed by atoms with Gasteiger partial charge >= 0.3 is 5.97 Å². The first kappa shape index (κ1) is 28.4. The lowest BCUT2D eigenvalue weighted by Gasteiger charge is -2.25. The summed E-state index contributed by atoms with van der Waals surface area (Å²) < 4.78 is 28.6. The van der Waals surface area contributed by atoms with Gasteiger partial charge in [0.15, 0.2) is 4.80 Å². The van der Waals surface area contributed by atoms with Crippen molar-refractivity contribution >= 4 is 34.3 Å². The summed E-state index contributed by atoms with van der Waals surface area (Å²) in [6.45, 7) is 5.90. The summed E-state index contributed by atoms with van der Waals surface area (Å²) in [5, 5.41) is 0.986. The summed E-state index contributed by atoms with van der Waals surface area (Å²) in [7, 11) is 1.59. The topological polar surface area (TPSA) is 74.8 Å². The van der Waals surface area contributed by atoms with Crippen LogP contribution in [0.15, 0.2) is 100 Å². The van der Waals surface area contributed by atoms with Gasteiger partial charge in [-0.05, 0) is 68.3 Å². The molecule has 0 N–H and O–H groups in total. The quantitative estimate of drug-likeness (QED) is 0.238. The van der Waals surface area contributed by atoms with Crippen molar-refractivity contribution in [3.63, 3.8) is 0 Å². The zero-order valence-electron chi connectivity index (χ0n) is 24.2. The number of rotatable bonds is 7. The average molecular weight is 596 g/mol. The zero-order chi connectivity index (χ0) is 30.2. The van der Waals surface area contributed by atoms with Crippen LogP contribution in [0.4, 0.5) is 4.39 Å². The maximum Gasteiger partial charge on any atom is 0.338 e. The van der Waals surface area contributed by atoms with Crippen molar-refractivity contribution in [2.45, 2.75) is 39.5 Å². The summed E-state index contributed by atoms with van der Waals surface area (Å²) >= 11 is 1.28. The fraction of sp³-hybridized carbons (Fsp3) is 0.206. The Kier molecular flexibility index (Phi) is 7.58. The second-order valence-electron chi connectivity index (χ2n) is 10.7. The number of aromatic nitrogens is 2. The van der Waals surface area contributed by atoms with Gasteiger partial charge < -0.3 is 14.0 Å².